The Labute approximate surface area is 248 Å². The molecule has 43 heavy (non-hydrogen) atoms. The van der Waals surface area contributed by atoms with Gasteiger partial charge in [-0.1, -0.05) is 17.3 Å². The Balaban J connectivity index is 1.25. The van der Waals surface area contributed by atoms with Gasteiger partial charge in [-0.3, -0.25) is 19.1 Å². The molecule has 10 nitrogen and oxygen atoms in total. The van der Waals surface area contributed by atoms with Gasteiger partial charge in [0.1, 0.15) is 11.7 Å². The molecule has 5 rings (SSSR count). The summed E-state index contributed by atoms with van der Waals surface area (Å²) in [5.74, 6) is -0.880. The van der Waals surface area contributed by atoms with Gasteiger partial charge in [-0.05, 0) is 80.2 Å². The number of nitrogens with one attached hydrogen (secondary N) is 1. The Bertz CT molecular complexity index is 1370. The zero-order valence-corrected chi connectivity index (χ0v) is 24.3. The maximum atomic E-state index is 13.5. The van der Waals surface area contributed by atoms with E-state index in [4.69, 9.17) is 5.73 Å². The molecule has 0 spiro atoms. The van der Waals surface area contributed by atoms with Crippen molar-refractivity contribution >= 4 is 23.8 Å². The highest BCUT2D eigenvalue weighted by atomic mass is 19.4. The summed E-state index contributed by atoms with van der Waals surface area (Å²) in [4.78, 5) is 42.8. The first kappa shape index (κ1) is 30.7. The molecule has 0 bridgehead atoms. The average Bonchev–Trinajstić information content (AvgIpc) is 3.75. The summed E-state index contributed by atoms with van der Waals surface area (Å²) in [5, 5.41) is 11.2. The third-order valence-electron chi connectivity index (χ3n) is 8.71. The molecule has 3 heterocycles. The zero-order valence-electron chi connectivity index (χ0n) is 24.3. The van der Waals surface area contributed by atoms with Gasteiger partial charge in [-0.2, -0.15) is 13.2 Å². The molecule has 3 amide bonds. The Morgan fingerprint density at radius 2 is 1.84 bits per heavy atom. The van der Waals surface area contributed by atoms with E-state index in [0.29, 0.717) is 24.9 Å². The molecule has 3 aliphatic rings. The molecule has 1 aromatic heterocycles. The standard InChI is InChI=1S/C30H38F3N7O3/c1-38-25-10-6-20(15-24(25)36-37-38)17-35-28(42)26-16-21(14-19-4-7-22(8-5-19)30(31,32)33)18-40(26)29(43)23(34)9-11-27(41)39-12-2-3-13-39/h4-5,7-8,15,21,23,26H,2-3,6,9-14,16-18,34H2,1H3,(H,35,42). The van der Waals surface area contributed by atoms with E-state index in [1.54, 1.807) is 9.58 Å². The molecule has 2 aromatic rings. The normalized spacial score (nSPS) is 21.0. The van der Waals surface area contributed by atoms with E-state index < -0.39 is 29.7 Å². The quantitative estimate of drug-likeness (QED) is 0.455. The van der Waals surface area contributed by atoms with Gasteiger partial charge in [0.25, 0.3) is 0 Å². The summed E-state index contributed by atoms with van der Waals surface area (Å²) >= 11 is 0. The monoisotopic (exact) mass is 601 g/mol. The number of likely N-dealkylation sites (tertiary alicyclic amines) is 2. The number of rotatable bonds is 9. The van der Waals surface area contributed by atoms with Crippen LogP contribution in [0.4, 0.5) is 13.2 Å². The maximum Gasteiger partial charge on any atom is 0.416 e. The number of amides is 3. The van der Waals surface area contributed by atoms with Crippen molar-refractivity contribution in [2.24, 2.45) is 18.7 Å². The number of aryl methyl sites for hydroxylation is 1. The molecule has 1 aromatic carbocycles. The predicted molar refractivity (Wildman–Crippen MR) is 152 cm³/mol. The van der Waals surface area contributed by atoms with E-state index in [2.05, 4.69) is 15.6 Å². The van der Waals surface area contributed by atoms with Crippen molar-refractivity contribution in [3.63, 3.8) is 0 Å². The SMILES string of the molecule is Cn1nnc2c1CCC(CNC(=O)C1CC(Cc3ccc(C(F)(F)F)cc3)CN1C(=O)C(N)CCC(=O)N1CCCC1)=C2. The lowest BCUT2D eigenvalue weighted by atomic mass is 9.95. The van der Waals surface area contributed by atoms with Crippen LogP contribution in [0, 0.1) is 5.92 Å². The van der Waals surface area contributed by atoms with Gasteiger partial charge in [0.05, 0.1) is 17.3 Å². The predicted octanol–water partition coefficient (Wildman–Crippen LogP) is 2.47. The van der Waals surface area contributed by atoms with Gasteiger partial charge in [-0.25, -0.2) is 0 Å². The highest BCUT2D eigenvalue weighted by molar-refractivity contribution is 5.91. The van der Waals surface area contributed by atoms with Crippen LogP contribution in [0.25, 0.3) is 6.08 Å². The van der Waals surface area contributed by atoms with Crippen LogP contribution in [-0.2, 0) is 40.4 Å². The van der Waals surface area contributed by atoms with Crippen LogP contribution in [-0.4, -0.2) is 80.8 Å². The number of alkyl halides is 3. The maximum absolute atomic E-state index is 13.5. The molecule has 13 heteroatoms. The average molecular weight is 602 g/mol. The topological polar surface area (TPSA) is 126 Å². The number of carbonyl (C=O) groups is 3. The molecule has 2 saturated heterocycles. The number of carbonyl (C=O) groups excluding carboxylic acids is 3. The summed E-state index contributed by atoms with van der Waals surface area (Å²) in [6.45, 7) is 1.98. The lowest BCUT2D eigenvalue weighted by Crippen LogP contribution is -2.51. The van der Waals surface area contributed by atoms with Gasteiger partial charge < -0.3 is 20.9 Å². The lowest BCUT2D eigenvalue weighted by molar-refractivity contribution is -0.140. The van der Waals surface area contributed by atoms with Gasteiger partial charge in [0, 0.05) is 39.6 Å². The summed E-state index contributed by atoms with van der Waals surface area (Å²) in [7, 11) is 1.84. The summed E-state index contributed by atoms with van der Waals surface area (Å²) in [6, 6.07) is 3.25. The molecule has 0 radical (unpaired) electrons. The first-order chi connectivity index (χ1) is 20.5. The Kier molecular flexibility index (Phi) is 9.19. The molecule has 3 N–H and O–H groups in total. The molecule has 0 saturated carbocycles. The van der Waals surface area contributed by atoms with Crippen LogP contribution in [0.3, 0.4) is 0 Å². The van der Waals surface area contributed by atoms with E-state index in [-0.39, 0.29) is 37.1 Å². The highest BCUT2D eigenvalue weighted by Gasteiger charge is 2.41. The molecular formula is C30H38F3N7O3. The second-order valence-corrected chi connectivity index (χ2v) is 11.8. The van der Waals surface area contributed by atoms with Crippen molar-refractivity contribution in [3.8, 4) is 0 Å². The number of fused-ring (bicyclic) bond motifs is 1. The Hall–Kier alpha value is -3.74. The number of benzene rings is 1. The lowest BCUT2D eigenvalue weighted by Gasteiger charge is -2.27. The van der Waals surface area contributed by atoms with Gasteiger partial charge >= 0.3 is 6.18 Å². The minimum atomic E-state index is -4.42. The number of hydrogen-bond donors (Lipinski definition) is 2. The summed E-state index contributed by atoms with van der Waals surface area (Å²) < 4.78 is 40.8. The number of halogens is 3. The minimum absolute atomic E-state index is 0.0244. The smallest absolute Gasteiger partial charge is 0.351 e. The van der Waals surface area contributed by atoms with Gasteiger partial charge in [-0.15, -0.1) is 5.10 Å². The van der Waals surface area contributed by atoms with E-state index in [9.17, 15) is 27.6 Å². The first-order valence-electron chi connectivity index (χ1n) is 14.8. The van der Waals surface area contributed by atoms with Gasteiger partial charge in [0.2, 0.25) is 17.7 Å². The molecular weight excluding hydrogens is 563 g/mol. The van der Waals surface area contributed by atoms with Crippen LogP contribution in [0.1, 0.15) is 61.0 Å². The third kappa shape index (κ3) is 7.26. The third-order valence-corrected chi connectivity index (χ3v) is 8.71. The number of nitrogens with zero attached hydrogens (tertiary/aromatic N) is 5. The highest BCUT2D eigenvalue weighted by Crippen LogP contribution is 2.31. The second kappa shape index (κ2) is 12.9. The van der Waals surface area contributed by atoms with E-state index in [0.717, 1.165) is 67.9 Å². The molecule has 2 aliphatic heterocycles. The number of aromatic nitrogens is 3. The van der Waals surface area contributed by atoms with Crippen molar-refractivity contribution < 1.29 is 27.6 Å². The zero-order chi connectivity index (χ0) is 30.7. The van der Waals surface area contributed by atoms with E-state index in [1.807, 2.05) is 13.1 Å². The summed E-state index contributed by atoms with van der Waals surface area (Å²) in [5.41, 5.74) is 9.05. The largest absolute Gasteiger partial charge is 0.416 e. The van der Waals surface area contributed by atoms with Crippen molar-refractivity contribution in [2.75, 3.05) is 26.2 Å². The molecule has 3 unspecified atom stereocenters. The fraction of sp³-hybridized carbons (Fsp3) is 0.567. The van der Waals surface area contributed by atoms with Crippen molar-refractivity contribution in [1.29, 1.82) is 0 Å². The van der Waals surface area contributed by atoms with Crippen LogP contribution in [0.2, 0.25) is 0 Å². The Morgan fingerprint density at radius 3 is 2.53 bits per heavy atom. The molecule has 232 valence electrons. The van der Waals surface area contributed by atoms with Crippen LogP contribution in [0.15, 0.2) is 29.8 Å². The Morgan fingerprint density at radius 1 is 1.12 bits per heavy atom. The van der Waals surface area contributed by atoms with Crippen LogP contribution in [0.5, 0.6) is 0 Å². The first-order valence-corrected chi connectivity index (χ1v) is 14.8. The molecule has 1 aliphatic carbocycles. The number of hydrogen-bond acceptors (Lipinski definition) is 6. The van der Waals surface area contributed by atoms with Crippen molar-refractivity contribution in [2.45, 2.75) is 69.6 Å². The van der Waals surface area contributed by atoms with Crippen LogP contribution >= 0.6 is 0 Å². The molecule has 2 fully saturated rings. The fourth-order valence-electron chi connectivity index (χ4n) is 6.26. The summed E-state index contributed by atoms with van der Waals surface area (Å²) in [6.07, 6.45) is 2.04. The van der Waals surface area contributed by atoms with Crippen LogP contribution < -0.4 is 11.1 Å². The molecule has 3 atom stereocenters. The fourth-order valence-corrected chi connectivity index (χ4v) is 6.26. The number of nitrogens with two attached hydrogens (primary N) is 1. The minimum Gasteiger partial charge on any atom is -0.351 e. The van der Waals surface area contributed by atoms with Crippen molar-refractivity contribution in [3.05, 3.63) is 52.4 Å². The second-order valence-electron chi connectivity index (χ2n) is 11.8. The van der Waals surface area contributed by atoms with E-state index in [1.165, 1.54) is 17.0 Å². The van der Waals surface area contributed by atoms with Crippen molar-refractivity contribution in [1.82, 2.24) is 30.1 Å². The van der Waals surface area contributed by atoms with Gasteiger partial charge in [0.15, 0.2) is 0 Å². The van der Waals surface area contributed by atoms with E-state index >= 15 is 0 Å².